The fourth-order valence-electron chi connectivity index (χ4n) is 4.84. The van der Waals surface area contributed by atoms with Crippen LogP contribution in [0.1, 0.15) is 0 Å². The summed E-state index contributed by atoms with van der Waals surface area (Å²) in [4.78, 5) is 1.46. The fraction of sp³-hybridized carbons (Fsp3) is 0.0345. The summed E-state index contributed by atoms with van der Waals surface area (Å²) in [7, 11) is 1.59. The van der Waals surface area contributed by atoms with Crippen LogP contribution in [0, 0.1) is 0 Å². The van der Waals surface area contributed by atoms with E-state index in [1.54, 1.807) is 24.5 Å². The molecule has 1 heterocycles. The molecule has 0 radical (unpaired) electrons. The molecule has 0 aliphatic heterocycles. The zero-order valence-corrected chi connectivity index (χ0v) is 19.9. The minimum atomic E-state index is -0.989. The largest absolute Gasteiger partial charge is 0.503 e. The maximum absolute atomic E-state index is 10.5. The predicted octanol–water partition coefficient (Wildman–Crippen LogP) is 7.17. The summed E-state index contributed by atoms with van der Waals surface area (Å²) in [6.07, 6.45) is 0. The molecule has 5 aromatic carbocycles. The van der Waals surface area contributed by atoms with Crippen molar-refractivity contribution in [1.29, 1.82) is 0 Å². The Labute approximate surface area is 209 Å². The Kier molecular flexibility index (Phi) is 4.84. The number of rotatable bonds is 3. The number of hydrogen-bond acceptors (Lipinski definition) is 7. The van der Waals surface area contributed by atoms with Crippen molar-refractivity contribution in [3.63, 3.8) is 0 Å². The van der Waals surface area contributed by atoms with Gasteiger partial charge < -0.3 is 30.4 Å². The van der Waals surface area contributed by atoms with E-state index < -0.39 is 28.7 Å². The molecule has 7 heteroatoms. The lowest BCUT2D eigenvalue weighted by atomic mass is 9.97. The normalized spacial score (nSPS) is 11.5. The van der Waals surface area contributed by atoms with Gasteiger partial charge in [-0.2, -0.15) is 0 Å². The number of benzene rings is 5. The zero-order valence-electron chi connectivity index (χ0n) is 19.1. The molecule has 0 amide bonds. The highest BCUT2D eigenvalue weighted by molar-refractivity contribution is 7.26. The first-order valence-corrected chi connectivity index (χ1v) is 12.0. The van der Waals surface area contributed by atoms with Crippen LogP contribution in [0.2, 0.25) is 0 Å². The van der Waals surface area contributed by atoms with E-state index in [2.05, 4.69) is 48.5 Å². The second-order valence-electron chi connectivity index (χ2n) is 8.64. The van der Waals surface area contributed by atoms with E-state index in [4.69, 9.17) is 0 Å². The van der Waals surface area contributed by atoms with E-state index >= 15 is 0 Å². The molecule has 0 aliphatic carbocycles. The van der Waals surface area contributed by atoms with E-state index in [1.807, 2.05) is 24.3 Å². The lowest BCUT2D eigenvalue weighted by Crippen LogP contribution is -2.11. The van der Waals surface area contributed by atoms with Gasteiger partial charge in [0.15, 0.2) is 11.5 Å². The average molecular weight is 496 g/mol. The van der Waals surface area contributed by atoms with Crippen LogP contribution >= 0.6 is 11.3 Å². The Hall–Kier alpha value is -4.62. The predicted molar refractivity (Wildman–Crippen MR) is 145 cm³/mol. The SMILES string of the molecule is CN(c1ccccc1-c1ccc2c(ccc3sc4ccccc4c32)c1)c1c(O)c(O)c(O)c(O)c1O. The van der Waals surface area contributed by atoms with Crippen molar-refractivity contribution in [3.8, 4) is 39.9 Å². The molecule has 0 unspecified atom stereocenters. The first-order valence-electron chi connectivity index (χ1n) is 11.2. The highest BCUT2D eigenvalue weighted by Gasteiger charge is 2.27. The first-order chi connectivity index (χ1) is 17.4. The third-order valence-corrected chi connectivity index (χ3v) is 7.75. The van der Waals surface area contributed by atoms with Gasteiger partial charge >= 0.3 is 0 Å². The van der Waals surface area contributed by atoms with Gasteiger partial charge in [-0.3, -0.25) is 0 Å². The van der Waals surface area contributed by atoms with Crippen molar-refractivity contribution in [2.45, 2.75) is 0 Å². The Bertz CT molecular complexity index is 1800. The quantitative estimate of drug-likeness (QED) is 0.132. The van der Waals surface area contributed by atoms with Gasteiger partial charge in [0.25, 0.3) is 0 Å². The number of thiophene rings is 1. The number of nitrogens with zero attached hydrogens (tertiary/aromatic N) is 1. The van der Waals surface area contributed by atoms with E-state index in [0.29, 0.717) is 5.69 Å². The monoisotopic (exact) mass is 495 g/mol. The maximum atomic E-state index is 10.5. The third-order valence-electron chi connectivity index (χ3n) is 6.62. The minimum Gasteiger partial charge on any atom is -0.503 e. The Morgan fingerprint density at radius 3 is 2.06 bits per heavy atom. The van der Waals surface area contributed by atoms with E-state index in [-0.39, 0.29) is 5.69 Å². The summed E-state index contributed by atoms with van der Waals surface area (Å²) in [6, 6.07) is 26.3. The molecule has 5 N–H and O–H groups in total. The maximum Gasteiger partial charge on any atom is 0.208 e. The Morgan fingerprint density at radius 2 is 1.28 bits per heavy atom. The second kappa shape index (κ2) is 7.96. The third kappa shape index (κ3) is 3.10. The molecule has 0 atom stereocenters. The molecule has 178 valence electrons. The van der Waals surface area contributed by atoms with Crippen molar-refractivity contribution >= 4 is 53.7 Å². The molecule has 6 aromatic rings. The highest BCUT2D eigenvalue weighted by atomic mass is 32.1. The van der Waals surface area contributed by atoms with Gasteiger partial charge in [-0.1, -0.05) is 54.6 Å². The van der Waals surface area contributed by atoms with E-state index in [0.717, 1.165) is 21.9 Å². The van der Waals surface area contributed by atoms with Crippen molar-refractivity contribution in [2.75, 3.05) is 11.9 Å². The average Bonchev–Trinajstić information content (AvgIpc) is 3.29. The summed E-state index contributed by atoms with van der Waals surface area (Å²) in [6.45, 7) is 0. The number of fused-ring (bicyclic) bond motifs is 5. The van der Waals surface area contributed by atoms with Crippen LogP contribution in [0.25, 0.3) is 42.1 Å². The molecular weight excluding hydrogens is 474 g/mol. The van der Waals surface area contributed by atoms with Crippen LogP contribution in [-0.2, 0) is 0 Å². The summed E-state index contributed by atoms with van der Waals surface area (Å²) in [5.41, 5.74) is 2.09. The number of anilines is 2. The number of phenols is 5. The van der Waals surface area contributed by atoms with Gasteiger partial charge in [0.1, 0.15) is 5.69 Å². The van der Waals surface area contributed by atoms with Gasteiger partial charge in [-0.25, -0.2) is 0 Å². The van der Waals surface area contributed by atoms with E-state index in [1.165, 1.54) is 25.1 Å². The van der Waals surface area contributed by atoms with Crippen LogP contribution in [0.15, 0.2) is 78.9 Å². The molecule has 6 nitrogen and oxygen atoms in total. The van der Waals surface area contributed by atoms with Crippen LogP contribution in [-0.4, -0.2) is 32.6 Å². The number of aromatic hydroxyl groups is 5. The number of para-hydroxylation sites is 1. The van der Waals surface area contributed by atoms with E-state index in [9.17, 15) is 25.5 Å². The molecule has 0 fully saturated rings. The zero-order chi connectivity index (χ0) is 25.1. The Morgan fingerprint density at radius 1 is 0.611 bits per heavy atom. The van der Waals surface area contributed by atoms with Crippen LogP contribution < -0.4 is 4.90 Å². The van der Waals surface area contributed by atoms with Gasteiger partial charge in [0.05, 0.1) is 0 Å². The summed E-state index contributed by atoms with van der Waals surface area (Å²) >= 11 is 1.77. The highest BCUT2D eigenvalue weighted by Crippen LogP contribution is 2.56. The van der Waals surface area contributed by atoms with Crippen LogP contribution in [0.5, 0.6) is 28.7 Å². The molecular formula is C29H21NO5S. The summed E-state index contributed by atoms with van der Waals surface area (Å²) in [5, 5.41) is 55.5. The van der Waals surface area contributed by atoms with Crippen molar-refractivity contribution < 1.29 is 25.5 Å². The van der Waals surface area contributed by atoms with Crippen LogP contribution in [0.3, 0.4) is 0 Å². The standard InChI is InChI=1S/C29H21NO5S/c1-30(24-25(31)27(33)29(35)28(34)26(24)32)20-8-4-2-6-17(20)15-10-12-18-16(14-15)11-13-22-23(18)19-7-3-5-9-21(19)36-22/h2-14,31-35H,1H3. The van der Waals surface area contributed by atoms with Gasteiger partial charge in [-0.15, -0.1) is 11.3 Å². The Balaban J connectivity index is 1.53. The molecule has 36 heavy (non-hydrogen) atoms. The lowest BCUT2D eigenvalue weighted by Gasteiger charge is -2.25. The van der Waals surface area contributed by atoms with Crippen molar-refractivity contribution in [2.24, 2.45) is 0 Å². The molecule has 0 saturated heterocycles. The number of hydrogen-bond donors (Lipinski definition) is 5. The second-order valence-corrected chi connectivity index (χ2v) is 9.72. The summed E-state index contributed by atoms with van der Waals surface area (Å²) in [5.74, 6) is -4.31. The topological polar surface area (TPSA) is 104 Å². The smallest absolute Gasteiger partial charge is 0.208 e. The molecule has 0 spiro atoms. The number of phenolic OH excluding ortho intramolecular Hbond substituents is 5. The van der Waals surface area contributed by atoms with Crippen molar-refractivity contribution in [3.05, 3.63) is 78.9 Å². The van der Waals surface area contributed by atoms with Gasteiger partial charge in [0, 0.05) is 38.5 Å². The summed E-state index contributed by atoms with van der Waals surface area (Å²) < 4.78 is 2.48. The van der Waals surface area contributed by atoms with Crippen molar-refractivity contribution in [1.82, 2.24) is 0 Å². The molecule has 0 bridgehead atoms. The molecule has 6 rings (SSSR count). The van der Waals surface area contributed by atoms with Gasteiger partial charge in [-0.05, 0) is 40.6 Å². The van der Waals surface area contributed by atoms with Crippen LogP contribution in [0.4, 0.5) is 11.4 Å². The lowest BCUT2D eigenvalue weighted by molar-refractivity contribution is 0.329. The first kappa shape index (κ1) is 21.9. The molecule has 0 saturated carbocycles. The molecule has 0 aliphatic rings. The van der Waals surface area contributed by atoms with Gasteiger partial charge in [0.2, 0.25) is 17.2 Å². The fourth-order valence-corrected chi connectivity index (χ4v) is 5.96. The molecule has 1 aromatic heterocycles. The minimum absolute atomic E-state index is 0.234.